The van der Waals surface area contributed by atoms with Crippen molar-refractivity contribution in [3.8, 4) is 34.2 Å². The van der Waals surface area contributed by atoms with Gasteiger partial charge in [-0.1, -0.05) is 146 Å². The van der Waals surface area contributed by atoms with E-state index in [1.165, 1.54) is 0 Å². The molecular weight excluding hydrogens is 809 g/mol. The summed E-state index contributed by atoms with van der Waals surface area (Å²) in [6, 6.07) is 74.8. The van der Waals surface area contributed by atoms with Crippen LogP contribution in [0.25, 0.3) is 78.0 Å². The van der Waals surface area contributed by atoms with Crippen LogP contribution in [-0.4, -0.2) is 40.5 Å². The van der Waals surface area contributed by atoms with Crippen LogP contribution in [0.15, 0.2) is 228 Å². The third kappa shape index (κ3) is 6.31. The Kier molecular flexibility index (Phi) is 8.67. The van der Waals surface area contributed by atoms with Crippen molar-refractivity contribution in [2.45, 2.75) is 0 Å². The van der Waals surface area contributed by atoms with E-state index >= 15 is 0 Å². The molecule has 8 heteroatoms. The van der Waals surface area contributed by atoms with Gasteiger partial charge in [0.1, 0.15) is 23.0 Å². The summed E-state index contributed by atoms with van der Waals surface area (Å²) in [7, 11) is 0. The van der Waals surface area contributed by atoms with Gasteiger partial charge in [0.25, 0.3) is 0 Å². The molecule has 0 amide bonds. The third-order valence-corrected chi connectivity index (χ3v) is 12.3. The van der Waals surface area contributed by atoms with Crippen LogP contribution in [0, 0.1) is 0 Å². The summed E-state index contributed by atoms with van der Waals surface area (Å²) in [6.07, 6.45) is 0. The van der Waals surface area contributed by atoms with Gasteiger partial charge in [0, 0.05) is 44.4 Å². The van der Waals surface area contributed by atoms with E-state index < -0.39 is 0 Å². The first-order valence-electron chi connectivity index (χ1n) is 22.0. The molecule has 0 saturated carbocycles. The van der Waals surface area contributed by atoms with Crippen LogP contribution in [0.1, 0.15) is 22.5 Å². The third-order valence-electron chi connectivity index (χ3n) is 12.3. The van der Waals surface area contributed by atoms with Gasteiger partial charge in [0.05, 0.1) is 55.9 Å². The minimum Gasteiger partial charge on any atom is -0.292 e. The molecule has 0 fully saturated rings. The van der Waals surface area contributed by atoms with Gasteiger partial charge in [-0.3, -0.25) is 9.13 Å². The Morgan fingerprint density at radius 1 is 0.288 bits per heavy atom. The fraction of sp³-hybridized carbons (Fsp3) is 0. The molecular formula is C58H36N8. The van der Waals surface area contributed by atoms with Crippen molar-refractivity contribution in [2.75, 3.05) is 0 Å². The zero-order valence-electron chi connectivity index (χ0n) is 35.4. The van der Waals surface area contributed by atoms with Crippen LogP contribution in [0.4, 0.5) is 11.4 Å². The van der Waals surface area contributed by atoms with Crippen molar-refractivity contribution < 1.29 is 0 Å². The van der Waals surface area contributed by atoms with E-state index in [1.54, 1.807) is 0 Å². The van der Waals surface area contributed by atoms with E-state index in [0.29, 0.717) is 34.2 Å². The maximum Gasteiger partial charge on any atom is 0.145 e. The minimum absolute atomic E-state index is 0.683. The summed E-state index contributed by atoms with van der Waals surface area (Å²) in [6.45, 7) is 0. The van der Waals surface area contributed by atoms with E-state index in [-0.39, 0.29) is 0 Å². The second-order valence-electron chi connectivity index (χ2n) is 16.4. The standard InChI is InChI=1S/C58H36N8/c1-3-17-43(18-4-1)65-51-25-13-11-23-47(51)63-57(65)39-31-27-37(28-32-39)53-55-49(35-41-15-7-9-21-45(41)59-55)62-54(56-50(61-53)36-42-16-8-10-22-46(42)60-56)38-29-33-40(34-30-38)58-64-48-24-12-14-26-52(48)66(58)44-19-5-2-6-20-44/h1-36H. The number of fused-ring (bicyclic) bond motifs is 6. The lowest BCUT2D eigenvalue weighted by atomic mass is 9.98. The number of imidazole rings is 2. The first kappa shape index (κ1) is 37.4. The minimum atomic E-state index is 0.683. The topological polar surface area (TPSA) is 86.1 Å². The van der Waals surface area contributed by atoms with Crippen LogP contribution < -0.4 is 0 Å². The van der Waals surface area contributed by atoms with Crippen molar-refractivity contribution in [2.24, 2.45) is 9.98 Å². The number of benzene rings is 8. The molecule has 0 bridgehead atoms. The van der Waals surface area contributed by atoms with Gasteiger partial charge in [0.2, 0.25) is 0 Å². The SMILES string of the molecule is c1ccc(-n2c(-c3ccc(C4=Nc5cc6ccccc6nc5C(c5ccc(-c6nc7ccccc7n6-c6ccccc6)cc5)=Nc5cc6ccccc6nc54)cc3)nc3ccccc32)cc1. The molecule has 8 nitrogen and oxygen atoms in total. The molecule has 0 radical (unpaired) electrons. The lowest BCUT2D eigenvalue weighted by Crippen LogP contribution is -2.13. The van der Waals surface area contributed by atoms with Crippen LogP contribution in [-0.2, 0) is 0 Å². The smallest absolute Gasteiger partial charge is 0.145 e. The van der Waals surface area contributed by atoms with Crippen molar-refractivity contribution >= 4 is 66.7 Å². The van der Waals surface area contributed by atoms with Crippen molar-refractivity contribution in [1.29, 1.82) is 0 Å². The molecule has 1 aliphatic heterocycles. The van der Waals surface area contributed by atoms with E-state index in [4.69, 9.17) is 29.9 Å². The normalized spacial score (nSPS) is 12.4. The zero-order chi connectivity index (χ0) is 43.6. The lowest BCUT2D eigenvalue weighted by molar-refractivity contribution is 1.10. The number of nitrogens with zero attached hydrogens (tertiary/aromatic N) is 8. The molecule has 13 rings (SSSR count). The van der Waals surface area contributed by atoms with Gasteiger partial charge in [-0.05, 0) is 72.8 Å². The zero-order valence-corrected chi connectivity index (χ0v) is 35.4. The predicted molar refractivity (Wildman–Crippen MR) is 267 cm³/mol. The monoisotopic (exact) mass is 844 g/mol. The number of aliphatic imine (C=N–C) groups is 2. The maximum atomic E-state index is 5.56. The van der Waals surface area contributed by atoms with E-state index in [0.717, 1.165) is 89.2 Å². The number of pyridine rings is 2. The predicted octanol–water partition coefficient (Wildman–Crippen LogP) is 13.4. The highest BCUT2D eigenvalue weighted by Crippen LogP contribution is 2.37. The Hall–Kier alpha value is -9.14. The first-order chi connectivity index (χ1) is 32.7. The molecule has 0 saturated heterocycles. The van der Waals surface area contributed by atoms with Gasteiger partial charge in [-0.15, -0.1) is 0 Å². The molecule has 66 heavy (non-hydrogen) atoms. The lowest BCUT2D eigenvalue weighted by Gasteiger charge is -2.18. The molecule has 4 aromatic heterocycles. The summed E-state index contributed by atoms with van der Waals surface area (Å²) in [5.74, 6) is 1.72. The van der Waals surface area contributed by atoms with Crippen LogP contribution in [0.2, 0.25) is 0 Å². The van der Waals surface area contributed by atoms with E-state index in [9.17, 15) is 0 Å². The largest absolute Gasteiger partial charge is 0.292 e. The second kappa shape index (κ2) is 15.3. The fourth-order valence-corrected chi connectivity index (χ4v) is 9.15. The quantitative estimate of drug-likeness (QED) is 0.167. The van der Waals surface area contributed by atoms with Crippen LogP contribution in [0.5, 0.6) is 0 Å². The van der Waals surface area contributed by atoms with E-state index in [1.807, 2.05) is 60.7 Å². The molecule has 0 N–H and O–H groups in total. The van der Waals surface area contributed by atoms with Crippen molar-refractivity contribution in [3.63, 3.8) is 0 Å². The Labute approximate surface area is 379 Å². The summed E-state index contributed by atoms with van der Waals surface area (Å²) < 4.78 is 4.44. The first-order valence-corrected chi connectivity index (χ1v) is 22.0. The average Bonchev–Trinajstić information content (AvgIpc) is 3.97. The van der Waals surface area contributed by atoms with Gasteiger partial charge in [0.15, 0.2) is 0 Å². The highest BCUT2D eigenvalue weighted by molar-refractivity contribution is 6.22. The summed E-state index contributed by atoms with van der Waals surface area (Å²) in [4.78, 5) is 32.0. The molecule has 0 aliphatic carbocycles. The summed E-state index contributed by atoms with van der Waals surface area (Å²) >= 11 is 0. The maximum absolute atomic E-state index is 5.56. The van der Waals surface area contributed by atoms with Gasteiger partial charge in [-0.25, -0.2) is 29.9 Å². The Morgan fingerprint density at radius 2 is 0.636 bits per heavy atom. The van der Waals surface area contributed by atoms with Crippen molar-refractivity contribution in [1.82, 2.24) is 29.1 Å². The number of hydrogen-bond acceptors (Lipinski definition) is 6. The van der Waals surface area contributed by atoms with Crippen LogP contribution in [0.3, 0.4) is 0 Å². The van der Waals surface area contributed by atoms with Crippen LogP contribution >= 0.6 is 0 Å². The van der Waals surface area contributed by atoms with E-state index in [2.05, 4.69) is 167 Å². The number of hydrogen-bond donors (Lipinski definition) is 0. The number of rotatable bonds is 6. The van der Waals surface area contributed by atoms with Crippen molar-refractivity contribution in [3.05, 3.63) is 241 Å². The summed E-state index contributed by atoms with van der Waals surface area (Å²) in [5.41, 5.74) is 15.7. The number of para-hydroxylation sites is 8. The summed E-state index contributed by atoms with van der Waals surface area (Å²) in [5, 5.41) is 1.97. The molecule has 5 heterocycles. The number of aromatic nitrogens is 6. The molecule has 0 spiro atoms. The molecule has 12 aromatic rings. The Balaban J connectivity index is 0.983. The molecule has 0 unspecified atom stereocenters. The molecule has 1 aliphatic rings. The molecule has 308 valence electrons. The second-order valence-corrected chi connectivity index (χ2v) is 16.4. The van der Waals surface area contributed by atoms with Gasteiger partial charge in [-0.2, -0.15) is 0 Å². The Bertz CT molecular complexity index is 3650. The fourth-order valence-electron chi connectivity index (χ4n) is 9.15. The molecule has 0 atom stereocenters. The van der Waals surface area contributed by atoms with Gasteiger partial charge < -0.3 is 0 Å². The van der Waals surface area contributed by atoms with Gasteiger partial charge >= 0.3 is 0 Å². The Morgan fingerprint density at radius 3 is 1.06 bits per heavy atom. The average molecular weight is 845 g/mol. The highest BCUT2D eigenvalue weighted by Gasteiger charge is 2.25. The molecule has 8 aromatic carbocycles. The highest BCUT2D eigenvalue weighted by atomic mass is 15.1.